The number of carboxylic acids is 1. The predicted molar refractivity (Wildman–Crippen MR) is 63.8 cm³/mol. The van der Waals surface area contributed by atoms with E-state index < -0.39 is 29.6 Å². The van der Waals surface area contributed by atoms with E-state index in [1.807, 2.05) is 0 Å². The van der Waals surface area contributed by atoms with Crippen molar-refractivity contribution in [2.75, 3.05) is 13.1 Å². The summed E-state index contributed by atoms with van der Waals surface area (Å²) < 4.78 is 13.8. The third-order valence-electron chi connectivity index (χ3n) is 3.18. The van der Waals surface area contributed by atoms with Crippen LogP contribution in [0, 0.1) is 6.92 Å². The first-order valence-electron chi connectivity index (χ1n) is 5.75. The SMILES string of the molecule is Cc1ccc(C(=O)N2CCC(F)(C(=O)O)C2)c(=O)[nH]1. The summed E-state index contributed by atoms with van der Waals surface area (Å²) in [5, 5.41) is 8.75. The van der Waals surface area contributed by atoms with Crippen LogP contribution in [0.15, 0.2) is 16.9 Å². The van der Waals surface area contributed by atoms with Gasteiger partial charge >= 0.3 is 5.97 Å². The van der Waals surface area contributed by atoms with E-state index in [-0.39, 0.29) is 18.5 Å². The highest BCUT2D eigenvalue weighted by Gasteiger charge is 2.47. The Labute approximate surface area is 107 Å². The lowest BCUT2D eigenvalue weighted by Gasteiger charge is -2.17. The third-order valence-corrected chi connectivity index (χ3v) is 3.18. The quantitative estimate of drug-likeness (QED) is 0.808. The van der Waals surface area contributed by atoms with Gasteiger partial charge in [-0.25, -0.2) is 9.18 Å². The fourth-order valence-electron chi connectivity index (χ4n) is 2.03. The number of rotatable bonds is 2. The maximum Gasteiger partial charge on any atom is 0.343 e. The minimum absolute atomic E-state index is 0.0189. The van der Waals surface area contributed by atoms with Gasteiger partial charge < -0.3 is 15.0 Å². The van der Waals surface area contributed by atoms with E-state index in [0.29, 0.717) is 5.69 Å². The van der Waals surface area contributed by atoms with Gasteiger partial charge in [-0.1, -0.05) is 0 Å². The molecule has 0 aliphatic carbocycles. The van der Waals surface area contributed by atoms with E-state index in [9.17, 15) is 18.8 Å². The van der Waals surface area contributed by atoms with Gasteiger partial charge in [-0.3, -0.25) is 9.59 Å². The summed E-state index contributed by atoms with van der Waals surface area (Å²) in [5.41, 5.74) is -2.49. The van der Waals surface area contributed by atoms with Gasteiger partial charge in [0.05, 0.1) is 6.54 Å². The molecule has 1 amide bonds. The highest BCUT2D eigenvalue weighted by Crippen LogP contribution is 2.26. The van der Waals surface area contributed by atoms with Gasteiger partial charge in [-0.05, 0) is 19.1 Å². The molecule has 7 heteroatoms. The fourth-order valence-corrected chi connectivity index (χ4v) is 2.03. The van der Waals surface area contributed by atoms with Crippen molar-refractivity contribution in [2.24, 2.45) is 0 Å². The van der Waals surface area contributed by atoms with Gasteiger partial charge in [0.15, 0.2) is 0 Å². The summed E-state index contributed by atoms with van der Waals surface area (Å²) >= 11 is 0. The highest BCUT2D eigenvalue weighted by atomic mass is 19.1. The highest BCUT2D eigenvalue weighted by molar-refractivity contribution is 5.95. The molecule has 6 nitrogen and oxygen atoms in total. The van der Waals surface area contributed by atoms with Crippen LogP contribution in [-0.4, -0.2) is 45.6 Å². The lowest BCUT2D eigenvalue weighted by Crippen LogP contribution is -2.40. The van der Waals surface area contributed by atoms with Gasteiger partial charge in [-0.15, -0.1) is 0 Å². The number of carbonyl (C=O) groups excluding carboxylic acids is 1. The molecule has 0 bridgehead atoms. The number of hydrogen-bond donors (Lipinski definition) is 2. The van der Waals surface area contributed by atoms with Crippen molar-refractivity contribution in [3.8, 4) is 0 Å². The molecule has 2 N–H and O–H groups in total. The number of halogens is 1. The van der Waals surface area contributed by atoms with Crippen LogP contribution in [0.3, 0.4) is 0 Å². The van der Waals surface area contributed by atoms with Crippen molar-refractivity contribution < 1.29 is 19.1 Å². The molecule has 1 aliphatic heterocycles. The van der Waals surface area contributed by atoms with Crippen molar-refractivity contribution in [2.45, 2.75) is 19.0 Å². The molecule has 1 aromatic rings. The standard InChI is InChI=1S/C12H13FN2O4/c1-7-2-3-8(9(16)14-7)10(17)15-5-4-12(13,6-15)11(18)19/h2-3H,4-6H2,1H3,(H,14,16)(H,18,19). The normalized spacial score (nSPS) is 22.5. The second-order valence-electron chi connectivity index (χ2n) is 4.63. The number of aromatic nitrogens is 1. The van der Waals surface area contributed by atoms with Gasteiger partial charge in [0.1, 0.15) is 5.56 Å². The minimum Gasteiger partial charge on any atom is -0.479 e. The van der Waals surface area contributed by atoms with E-state index in [1.165, 1.54) is 6.07 Å². The number of nitrogens with one attached hydrogen (secondary N) is 1. The Morgan fingerprint density at radius 1 is 1.47 bits per heavy atom. The molecule has 0 saturated carbocycles. The number of aliphatic carboxylic acids is 1. The van der Waals surface area contributed by atoms with Crippen molar-refractivity contribution >= 4 is 11.9 Å². The maximum atomic E-state index is 13.8. The number of carbonyl (C=O) groups is 2. The molecule has 1 atom stereocenters. The van der Waals surface area contributed by atoms with E-state index >= 15 is 0 Å². The molecule has 0 radical (unpaired) electrons. The second-order valence-corrected chi connectivity index (χ2v) is 4.63. The average molecular weight is 268 g/mol. The Balaban J connectivity index is 2.23. The number of H-pyrrole nitrogens is 1. The summed E-state index contributed by atoms with van der Waals surface area (Å²) in [6.07, 6.45) is -0.266. The first kappa shape index (κ1) is 13.3. The van der Waals surface area contributed by atoms with Crippen LogP contribution >= 0.6 is 0 Å². The van der Waals surface area contributed by atoms with Crippen LogP contribution in [-0.2, 0) is 4.79 Å². The van der Waals surface area contributed by atoms with Gasteiger partial charge in [0.25, 0.3) is 11.5 Å². The van der Waals surface area contributed by atoms with Crippen LogP contribution < -0.4 is 5.56 Å². The van der Waals surface area contributed by atoms with Crippen LogP contribution in [0.2, 0.25) is 0 Å². The minimum atomic E-state index is -2.42. The lowest BCUT2D eigenvalue weighted by atomic mass is 10.1. The fraction of sp³-hybridized carbons (Fsp3) is 0.417. The molecule has 102 valence electrons. The zero-order chi connectivity index (χ0) is 14.2. The zero-order valence-corrected chi connectivity index (χ0v) is 10.3. The Bertz CT molecular complexity index is 598. The Kier molecular flexibility index (Phi) is 3.13. The third kappa shape index (κ3) is 2.35. The molecule has 2 rings (SSSR count). The van der Waals surface area contributed by atoms with Gasteiger partial charge in [-0.2, -0.15) is 0 Å². The number of hydrogen-bond acceptors (Lipinski definition) is 3. The number of aryl methyl sites for hydroxylation is 1. The molecule has 2 heterocycles. The molecule has 1 saturated heterocycles. The zero-order valence-electron chi connectivity index (χ0n) is 10.3. The summed E-state index contributed by atoms with van der Waals surface area (Å²) in [4.78, 5) is 37.9. The molecular weight excluding hydrogens is 255 g/mol. The Morgan fingerprint density at radius 3 is 2.68 bits per heavy atom. The van der Waals surface area contributed by atoms with Crippen LogP contribution in [0.5, 0.6) is 0 Å². The van der Waals surface area contributed by atoms with E-state index in [1.54, 1.807) is 13.0 Å². The first-order valence-corrected chi connectivity index (χ1v) is 5.75. The molecule has 1 unspecified atom stereocenters. The van der Waals surface area contributed by atoms with Crippen LogP contribution in [0.1, 0.15) is 22.5 Å². The van der Waals surface area contributed by atoms with E-state index in [4.69, 9.17) is 5.11 Å². The Morgan fingerprint density at radius 2 is 2.16 bits per heavy atom. The molecule has 0 spiro atoms. The van der Waals surface area contributed by atoms with Crippen molar-refractivity contribution in [3.05, 3.63) is 33.7 Å². The van der Waals surface area contributed by atoms with Crippen LogP contribution in [0.4, 0.5) is 4.39 Å². The second kappa shape index (κ2) is 4.49. The number of likely N-dealkylation sites (tertiary alicyclic amines) is 1. The largest absolute Gasteiger partial charge is 0.479 e. The molecule has 1 aromatic heterocycles. The molecule has 0 aromatic carbocycles. The number of amides is 1. The number of alkyl halides is 1. The smallest absolute Gasteiger partial charge is 0.343 e. The summed E-state index contributed by atoms with van der Waals surface area (Å²) in [5.74, 6) is -2.23. The maximum absolute atomic E-state index is 13.8. The van der Waals surface area contributed by atoms with E-state index in [0.717, 1.165) is 4.90 Å². The topological polar surface area (TPSA) is 90.5 Å². The van der Waals surface area contributed by atoms with E-state index in [2.05, 4.69) is 4.98 Å². The molecule has 19 heavy (non-hydrogen) atoms. The van der Waals surface area contributed by atoms with Crippen LogP contribution in [0.25, 0.3) is 0 Å². The monoisotopic (exact) mass is 268 g/mol. The van der Waals surface area contributed by atoms with Gasteiger partial charge in [0, 0.05) is 18.7 Å². The number of carboxylic acid groups (broad SMARTS) is 1. The molecule has 1 fully saturated rings. The van der Waals surface area contributed by atoms with Crippen molar-refractivity contribution in [1.82, 2.24) is 9.88 Å². The predicted octanol–water partition coefficient (Wildman–Crippen LogP) is 0.322. The summed E-state index contributed by atoms with van der Waals surface area (Å²) in [6.45, 7) is 1.12. The van der Waals surface area contributed by atoms with Crippen molar-refractivity contribution in [3.63, 3.8) is 0 Å². The summed E-state index contributed by atoms with van der Waals surface area (Å²) in [7, 11) is 0. The molecular formula is C12H13FN2O4. The Hall–Kier alpha value is -2.18. The lowest BCUT2D eigenvalue weighted by molar-refractivity contribution is -0.149. The summed E-state index contributed by atoms with van der Waals surface area (Å²) in [6, 6.07) is 2.92. The number of pyridine rings is 1. The first-order chi connectivity index (χ1) is 8.83. The van der Waals surface area contributed by atoms with Gasteiger partial charge in [0.2, 0.25) is 5.67 Å². The van der Waals surface area contributed by atoms with Crippen molar-refractivity contribution in [1.29, 1.82) is 0 Å². The molecule has 1 aliphatic rings. The average Bonchev–Trinajstić information content (AvgIpc) is 2.73. The number of nitrogens with zero attached hydrogens (tertiary/aromatic N) is 1. The number of aromatic amines is 1.